The van der Waals surface area contributed by atoms with Crippen molar-refractivity contribution >= 4 is 12.6 Å². The maximum atomic E-state index is 9.28. The SMILES string of the molecule is OC(CCS)ON1CCCC1O. The number of hydrogen-bond donors (Lipinski definition) is 3. The smallest absolute Gasteiger partial charge is 0.175 e. The molecule has 1 aliphatic rings. The van der Waals surface area contributed by atoms with Crippen molar-refractivity contribution in [2.24, 2.45) is 0 Å². The van der Waals surface area contributed by atoms with Crippen molar-refractivity contribution in [1.29, 1.82) is 0 Å². The van der Waals surface area contributed by atoms with E-state index in [0.717, 1.165) is 6.42 Å². The molecule has 2 N–H and O–H groups in total. The Morgan fingerprint density at radius 1 is 1.67 bits per heavy atom. The van der Waals surface area contributed by atoms with Crippen molar-refractivity contribution in [3.63, 3.8) is 0 Å². The maximum Gasteiger partial charge on any atom is 0.175 e. The molecule has 1 heterocycles. The highest BCUT2D eigenvalue weighted by atomic mass is 32.1. The first-order valence-corrected chi connectivity index (χ1v) is 4.77. The molecule has 0 aromatic carbocycles. The second kappa shape index (κ2) is 5.04. The zero-order chi connectivity index (χ0) is 8.97. The number of rotatable bonds is 4. The van der Waals surface area contributed by atoms with E-state index in [-0.39, 0.29) is 0 Å². The van der Waals surface area contributed by atoms with Crippen molar-refractivity contribution in [3.8, 4) is 0 Å². The minimum absolute atomic E-state index is 0.479. The van der Waals surface area contributed by atoms with Gasteiger partial charge in [-0.05, 0) is 18.6 Å². The van der Waals surface area contributed by atoms with Gasteiger partial charge in [0.2, 0.25) is 0 Å². The lowest BCUT2D eigenvalue weighted by Gasteiger charge is -2.22. The summed E-state index contributed by atoms with van der Waals surface area (Å²) in [5.41, 5.74) is 0. The van der Waals surface area contributed by atoms with Gasteiger partial charge in [-0.3, -0.25) is 4.84 Å². The molecule has 0 amide bonds. The van der Waals surface area contributed by atoms with Crippen LogP contribution in [0, 0.1) is 0 Å². The average Bonchev–Trinajstić information content (AvgIpc) is 2.37. The summed E-state index contributed by atoms with van der Waals surface area (Å²) >= 11 is 3.96. The van der Waals surface area contributed by atoms with Crippen molar-refractivity contribution in [2.75, 3.05) is 12.3 Å². The van der Waals surface area contributed by atoms with Gasteiger partial charge in [-0.25, -0.2) is 0 Å². The van der Waals surface area contributed by atoms with Gasteiger partial charge in [-0.15, -0.1) is 0 Å². The van der Waals surface area contributed by atoms with Gasteiger partial charge in [0.15, 0.2) is 6.29 Å². The molecule has 72 valence electrons. The molecule has 0 aliphatic carbocycles. The zero-order valence-corrected chi connectivity index (χ0v) is 7.78. The van der Waals surface area contributed by atoms with E-state index in [2.05, 4.69) is 12.6 Å². The van der Waals surface area contributed by atoms with E-state index in [4.69, 9.17) is 4.84 Å². The molecule has 2 atom stereocenters. The molecule has 0 saturated carbocycles. The molecule has 5 heteroatoms. The molecular weight excluding hydrogens is 178 g/mol. The van der Waals surface area contributed by atoms with Gasteiger partial charge < -0.3 is 10.2 Å². The van der Waals surface area contributed by atoms with E-state index < -0.39 is 12.5 Å². The zero-order valence-electron chi connectivity index (χ0n) is 6.89. The first-order valence-electron chi connectivity index (χ1n) is 4.14. The Kier molecular flexibility index (Phi) is 4.31. The fraction of sp³-hybridized carbons (Fsp3) is 1.00. The van der Waals surface area contributed by atoms with E-state index in [1.54, 1.807) is 0 Å². The first kappa shape index (κ1) is 10.3. The third-order valence-electron chi connectivity index (χ3n) is 1.81. The molecule has 4 nitrogen and oxygen atoms in total. The highest BCUT2D eigenvalue weighted by molar-refractivity contribution is 7.80. The summed E-state index contributed by atoms with van der Waals surface area (Å²) < 4.78 is 0. The third kappa shape index (κ3) is 2.91. The average molecular weight is 193 g/mol. The minimum atomic E-state index is -0.838. The summed E-state index contributed by atoms with van der Waals surface area (Å²) in [6, 6.07) is 0. The van der Waals surface area contributed by atoms with Crippen LogP contribution in [0.2, 0.25) is 0 Å². The van der Waals surface area contributed by atoms with Crippen LogP contribution in [0.1, 0.15) is 19.3 Å². The van der Waals surface area contributed by atoms with Crippen LogP contribution in [0.5, 0.6) is 0 Å². The lowest BCUT2D eigenvalue weighted by Crippen LogP contribution is -2.33. The van der Waals surface area contributed by atoms with Crippen LogP contribution in [0.4, 0.5) is 0 Å². The van der Waals surface area contributed by atoms with Crippen LogP contribution < -0.4 is 0 Å². The Balaban J connectivity index is 2.20. The predicted molar refractivity (Wildman–Crippen MR) is 47.5 cm³/mol. The molecular formula is C7H15NO3S. The lowest BCUT2D eigenvalue weighted by molar-refractivity contribution is -0.298. The summed E-state index contributed by atoms with van der Waals surface area (Å²) in [6.45, 7) is 0.685. The summed E-state index contributed by atoms with van der Waals surface area (Å²) in [6.07, 6.45) is 0.712. The normalized spacial score (nSPS) is 27.8. The Labute approximate surface area is 77.5 Å². The molecule has 0 aromatic rings. The van der Waals surface area contributed by atoms with Gasteiger partial charge in [0.25, 0.3) is 0 Å². The minimum Gasteiger partial charge on any atom is -0.376 e. The predicted octanol–water partition coefficient (Wildman–Crippen LogP) is -0.0295. The van der Waals surface area contributed by atoms with Gasteiger partial charge in [-0.2, -0.15) is 17.7 Å². The van der Waals surface area contributed by atoms with Crippen molar-refractivity contribution in [2.45, 2.75) is 31.8 Å². The molecule has 0 bridgehead atoms. The van der Waals surface area contributed by atoms with E-state index in [1.807, 2.05) is 0 Å². The molecule has 1 saturated heterocycles. The van der Waals surface area contributed by atoms with Crippen LogP contribution in [0.25, 0.3) is 0 Å². The van der Waals surface area contributed by atoms with Crippen molar-refractivity contribution < 1.29 is 15.1 Å². The summed E-state index contributed by atoms with van der Waals surface area (Å²) in [7, 11) is 0. The second-order valence-corrected chi connectivity index (χ2v) is 3.28. The number of thiol groups is 1. The fourth-order valence-electron chi connectivity index (χ4n) is 1.17. The number of nitrogens with zero attached hydrogens (tertiary/aromatic N) is 1. The van der Waals surface area contributed by atoms with Crippen molar-refractivity contribution in [3.05, 3.63) is 0 Å². The molecule has 1 aliphatic heterocycles. The standard InChI is InChI=1S/C7H15NO3S/c9-6-2-1-4-8(6)11-7(10)3-5-12/h6-7,9-10,12H,1-5H2. The number of aliphatic hydroxyl groups is 2. The molecule has 1 fully saturated rings. The van der Waals surface area contributed by atoms with Crippen LogP contribution >= 0.6 is 12.6 Å². The quantitative estimate of drug-likeness (QED) is 0.433. The van der Waals surface area contributed by atoms with Gasteiger partial charge in [0.05, 0.1) is 0 Å². The Hall–Kier alpha value is 0.190. The largest absolute Gasteiger partial charge is 0.376 e. The number of aliphatic hydroxyl groups excluding tert-OH is 2. The van der Waals surface area contributed by atoms with Gasteiger partial charge >= 0.3 is 0 Å². The van der Waals surface area contributed by atoms with Crippen LogP contribution in [-0.4, -0.2) is 40.1 Å². The van der Waals surface area contributed by atoms with Gasteiger partial charge in [0, 0.05) is 13.0 Å². The third-order valence-corrected chi connectivity index (χ3v) is 2.06. The highest BCUT2D eigenvalue weighted by Gasteiger charge is 2.24. The number of hydroxylamine groups is 2. The van der Waals surface area contributed by atoms with Gasteiger partial charge in [0.1, 0.15) is 6.23 Å². The summed E-state index contributed by atoms with van der Waals surface area (Å²) in [4.78, 5) is 5.05. The lowest BCUT2D eigenvalue weighted by atomic mass is 10.4. The van der Waals surface area contributed by atoms with E-state index in [1.165, 1.54) is 5.06 Å². The van der Waals surface area contributed by atoms with Crippen LogP contribution in [0.3, 0.4) is 0 Å². The first-order chi connectivity index (χ1) is 5.74. The molecule has 12 heavy (non-hydrogen) atoms. The molecule has 1 rings (SSSR count). The molecule has 0 aromatic heterocycles. The topological polar surface area (TPSA) is 52.9 Å². The molecule has 0 spiro atoms. The Morgan fingerprint density at radius 3 is 2.92 bits per heavy atom. The summed E-state index contributed by atoms with van der Waals surface area (Å²) in [5.74, 6) is 0.575. The van der Waals surface area contributed by atoms with Crippen LogP contribution in [0.15, 0.2) is 0 Å². The Bertz CT molecular complexity index is 136. The van der Waals surface area contributed by atoms with Gasteiger partial charge in [-0.1, -0.05) is 0 Å². The molecule has 2 unspecified atom stereocenters. The van der Waals surface area contributed by atoms with Crippen molar-refractivity contribution in [1.82, 2.24) is 5.06 Å². The van der Waals surface area contributed by atoms with E-state index in [9.17, 15) is 10.2 Å². The van der Waals surface area contributed by atoms with Crippen LogP contribution in [-0.2, 0) is 4.84 Å². The van der Waals surface area contributed by atoms with E-state index >= 15 is 0 Å². The monoisotopic (exact) mass is 193 g/mol. The highest BCUT2D eigenvalue weighted by Crippen LogP contribution is 2.16. The Morgan fingerprint density at radius 2 is 2.42 bits per heavy atom. The fourth-order valence-corrected chi connectivity index (χ4v) is 1.39. The summed E-state index contributed by atoms with van der Waals surface area (Å²) in [5, 5.41) is 19.9. The van der Waals surface area contributed by atoms with E-state index in [0.29, 0.717) is 25.1 Å². The molecule has 0 radical (unpaired) electrons. The number of hydrogen-bond acceptors (Lipinski definition) is 5. The second-order valence-electron chi connectivity index (χ2n) is 2.84. The maximum absolute atomic E-state index is 9.28.